The van der Waals surface area contributed by atoms with E-state index in [2.05, 4.69) is 5.32 Å². The van der Waals surface area contributed by atoms with Gasteiger partial charge in [-0.05, 0) is 35.7 Å². The normalized spacial score (nSPS) is 10.7. The first kappa shape index (κ1) is 24.2. The third-order valence-corrected chi connectivity index (χ3v) is 6.31. The average Bonchev–Trinajstić information content (AvgIpc) is 2.85. The van der Waals surface area contributed by atoms with Crippen LogP contribution in [0.25, 0.3) is 10.8 Å². The van der Waals surface area contributed by atoms with Gasteiger partial charge in [-0.2, -0.15) is 0 Å². The molecule has 0 fully saturated rings. The minimum absolute atomic E-state index is 0.0993. The Balaban J connectivity index is 1.80. The summed E-state index contributed by atoms with van der Waals surface area (Å²) in [5.74, 6) is -3.96. The molecule has 0 aliphatic rings. The van der Waals surface area contributed by atoms with Gasteiger partial charge in [0.15, 0.2) is 0 Å². The van der Waals surface area contributed by atoms with Gasteiger partial charge in [0.25, 0.3) is 11.6 Å². The van der Waals surface area contributed by atoms with Gasteiger partial charge in [-0.25, -0.2) is 9.59 Å². The minimum Gasteiger partial charge on any atom is -0.506 e. The molecule has 0 radical (unpaired) electrons. The summed E-state index contributed by atoms with van der Waals surface area (Å²) in [5, 5.41) is 44.2. The second kappa shape index (κ2) is 9.76. The molecule has 36 heavy (non-hydrogen) atoms. The number of carbonyl (C=O) groups excluding carboxylic acids is 1. The molecular weight excluding hydrogens is 488 g/mol. The Bertz CT molecular complexity index is 1540. The number of nitrogens with one attached hydrogen (secondary N) is 1. The molecule has 0 saturated heterocycles. The van der Waals surface area contributed by atoms with Crippen LogP contribution in [0.2, 0.25) is 0 Å². The summed E-state index contributed by atoms with van der Waals surface area (Å²) in [7, 11) is 0. The van der Waals surface area contributed by atoms with Gasteiger partial charge in [0.05, 0.1) is 26.5 Å². The number of fused-ring (bicyclic) bond motifs is 1. The van der Waals surface area contributed by atoms with Gasteiger partial charge in [-0.15, -0.1) is 0 Å². The highest BCUT2D eigenvalue weighted by Gasteiger charge is 2.21. The summed E-state index contributed by atoms with van der Waals surface area (Å²) in [6, 6.07) is 17.2. The smallest absolute Gasteiger partial charge is 0.335 e. The Morgan fingerprint density at radius 3 is 2.00 bits per heavy atom. The van der Waals surface area contributed by atoms with Crippen LogP contribution in [0.4, 0.5) is 11.4 Å². The van der Waals surface area contributed by atoms with Gasteiger partial charge in [0.2, 0.25) is 0 Å². The van der Waals surface area contributed by atoms with E-state index < -0.39 is 22.8 Å². The van der Waals surface area contributed by atoms with Crippen molar-refractivity contribution < 1.29 is 34.6 Å². The second-order valence-electron chi connectivity index (χ2n) is 7.51. The number of aromatic hydroxyl groups is 1. The number of nitro benzene ring substituents is 1. The van der Waals surface area contributed by atoms with E-state index in [1.807, 2.05) is 0 Å². The van der Waals surface area contributed by atoms with Crippen LogP contribution in [-0.4, -0.2) is 38.1 Å². The molecule has 1 amide bonds. The first-order valence-corrected chi connectivity index (χ1v) is 11.1. The third kappa shape index (κ3) is 4.81. The fraction of sp³-hybridized carbons (Fsp3) is 0. The summed E-state index contributed by atoms with van der Waals surface area (Å²) in [6.45, 7) is 0. The fourth-order valence-corrected chi connectivity index (χ4v) is 4.64. The molecule has 0 atom stereocenters. The number of aromatic carboxylic acids is 2. The van der Waals surface area contributed by atoms with Crippen molar-refractivity contribution in [2.45, 2.75) is 9.79 Å². The molecule has 0 bridgehead atoms. The van der Waals surface area contributed by atoms with E-state index in [0.29, 0.717) is 20.6 Å². The fourth-order valence-electron chi connectivity index (χ4n) is 3.54. The van der Waals surface area contributed by atoms with Crippen LogP contribution in [0.15, 0.2) is 82.6 Å². The van der Waals surface area contributed by atoms with Crippen LogP contribution in [0.3, 0.4) is 0 Å². The zero-order chi connectivity index (χ0) is 26.0. The lowest BCUT2D eigenvalue weighted by Gasteiger charge is -2.14. The van der Waals surface area contributed by atoms with Crippen LogP contribution in [-0.2, 0) is 0 Å². The van der Waals surface area contributed by atoms with Gasteiger partial charge in [0.1, 0.15) is 5.75 Å². The maximum atomic E-state index is 13.1. The number of carboxylic acid groups (broad SMARTS) is 2. The monoisotopic (exact) mass is 504 g/mol. The molecule has 0 aliphatic carbocycles. The molecule has 0 unspecified atom stereocenters. The lowest BCUT2D eigenvalue weighted by atomic mass is 10.0. The van der Waals surface area contributed by atoms with Crippen LogP contribution < -0.4 is 5.32 Å². The number of anilines is 1. The summed E-state index contributed by atoms with van der Waals surface area (Å²) >= 11 is 1.04. The SMILES string of the molecule is O=C(O)c1cc(NC(=O)c2cc(Sc3ccccc3[N+](=O)[O-])c3ccccc3c2O)cc(C(=O)O)c1. The molecule has 4 aromatic rings. The molecule has 0 aliphatic heterocycles. The summed E-state index contributed by atoms with van der Waals surface area (Å²) in [6.07, 6.45) is 0. The first-order valence-electron chi connectivity index (χ1n) is 10.2. The van der Waals surface area contributed by atoms with E-state index in [1.54, 1.807) is 36.4 Å². The Morgan fingerprint density at radius 1 is 0.806 bits per heavy atom. The highest BCUT2D eigenvalue weighted by Crippen LogP contribution is 2.42. The summed E-state index contributed by atoms with van der Waals surface area (Å²) in [4.78, 5) is 47.6. The topological polar surface area (TPSA) is 167 Å². The number of hydrogen-bond acceptors (Lipinski definition) is 7. The molecule has 0 saturated carbocycles. The molecule has 180 valence electrons. The van der Waals surface area contributed by atoms with Crippen LogP contribution >= 0.6 is 11.8 Å². The Labute approximate surface area is 207 Å². The number of phenolic OH excluding ortho intramolecular Hbond substituents is 1. The largest absolute Gasteiger partial charge is 0.506 e. The number of benzene rings is 4. The molecule has 0 heterocycles. The number of para-hydroxylation sites is 1. The number of phenols is 1. The van der Waals surface area contributed by atoms with Crippen molar-refractivity contribution in [2.24, 2.45) is 0 Å². The summed E-state index contributed by atoms with van der Waals surface area (Å²) < 4.78 is 0. The van der Waals surface area contributed by atoms with Crippen LogP contribution in [0.5, 0.6) is 5.75 Å². The maximum Gasteiger partial charge on any atom is 0.335 e. The number of carbonyl (C=O) groups is 3. The molecule has 10 nitrogen and oxygen atoms in total. The maximum absolute atomic E-state index is 13.1. The highest BCUT2D eigenvalue weighted by atomic mass is 32.2. The van der Waals surface area contributed by atoms with Crippen molar-refractivity contribution in [1.82, 2.24) is 0 Å². The quantitative estimate of drug-likeness (QED) is 0.194. The van der Waals surface area contributed by atoms with Gasteiger partial charge >= 0.3 is 11.9 Å². The average molecular weight is 504 g/mol. The predicted molar refractivity (Wildman–Crippen MR) is 131 cm³/mol. The zero-order valence-electron chi connectivity index (χ0n) is 18.2. The first-order chi connectivity index (χ1) is 17.2. The molecule has 11 heteroatoms. The Kier molecular flexibility index (Phi) is 6.57. The lowest BCUT2D eigenvalue weighted by Crippen LogP contribution is -2.14. The molecule has 0 spiro atoms. The second-order valence-corrected chi connectivity index (χ2v) is 8.59. The molecule has 4 aromatic carbocycles. The molecule has 4 N–H and O–H groups in total. The zero-order valence-corrected chi connectivity index (χ0v) is 19.0. The van der Waals surface area contributed by atoms with Crippen LogP contribution in [0, 0.1) is 10.1 Å². The third-order valence-electron chi connectivity index (χ3n) is 5.19. The Morgan fingerprint density at radius 2 is 1.39 bits per heavy atom. The van der Waals surface area contributed by atoms with Crippen molar-refractivity contribution in [3.05, 3.63) is 99.6 Å². The highest BCUT2D eigenvalue weighted by molar-refractivity contribution is 7.99. The minimum atomic E-state index is -1.38. The van der Waals surface area contributed by atoms with Gasteiger partial charge in [-0.3, -0.25) is 14.9 Å². The number of carboxylic acids is 2. The number of nitro groups is 1. The molecular formula is C25H16N2O8S. The van der Waals surface area contributed by atoms with E-state index in [9.17, 15) is 39.8 Å². The van der Waals surface area contributed by atoms with E-state index >= 15 is 0 Å². The number of nitrogens with zero attached hydrogens (tertiary/aromatic N) is 1. The number of amides is 1. The van der Waals surface area contributed by atoms with Gasteiger partial charge < -0.3 is 20.6 Å². The van der Waals surface area contributed by atoms with Crippen LogP contribution in [0.1, 0.15) is 31.1 Å². The van der Waals surface area contributed by atoms with Crippen molar-refractivity contribution in [2.75, 3.05) is 5.32 Å². The Hall–Kier alpha value is -4.90. The van der Waals surface area contributed by atoms with Crippen molar-refractivity contribution in [3.63, 3.8) is 0 Å². The molecule has 4 rings (SSSR count). The summed E-state index contributed by atoms with van der Waals surface area (Å²) in [5.41, 5.74) is -1.11. The predicted octanol–water partition coefficient (Wildman–Crippen LogP) is 5.25. The van der Waals surface area contributed by atoms with Crippen molar-refractivity contribution in [3.8, 4) is 5.75 Å². The van der Waals surface area contributed by atoms with E-state index in [-0.39, 0.29) is 33.8 Å². The van der Waals surface area contributed by atoms with E-state index in [1.165, 1.54) is 18.2 Å². The van der Waals surface area contributed by atoms with Crippen molar-refractivity contribution in [1.29, 1.82) is 0 Å². The van der Waals surface area contributed by atoms with Gasteiger partial charge in [-0.1, -0.05) is 48.2 Å². The standard InChI is InChI=1S/C25H16N2O8S/c28-22-17-6-2-1-5-16(17)21(36-20-8-4-3-7-19(20)27(34)35)12-18(22)23(29)26-15-10-13(24(30)31)9-14(11-15)25(32)33/h1-12,28H,(H,26,29)(H,30,31)(H,32,33). The number of rotatable bonds is 7. The van der Waals surface area contributed by atoms with Gasteiger partial charge in [0, 0.05) is 22.0 Å². The van der Waals surface area contributed by atoms with E-state index in [0.717, 1.165) is 30.0 Å². The van der Waals surface area contributed by atoms with Crippen molar-refractivity contribution >= 4 is 51.8 Å². The molecule has 0 aromatic heterocycles. The van der Waals surface area contributed by atoms with E-state index in [4.69, 9.17) is 0 Å². The number of hydrogen-bond donors (Lipinski definition) is 4. The lowest BCUT2D eigenvalue weighted by molar-refractivity contribution is -0.387.